The Kier molecular flexibility index (Phi) is 5.10. The molecule has 2 aromatic heterocycles. The summed E-state index contributed by atoms with van der Waals surface area (Å²) in [7, 11) is 0. The highest BCUT2D eigenvalue weighted by Crippen LogP contribution is 2.34. The number of fused-ring (bicyclic) bond motifs is 1. The van der Waals surface area contributed by atoms with Crippen molar-refractivity contribution in [2.45, 2.75) is 30.7 Å². The Hall–Kier alpha value is -2.80. The summed E-state index contributed by atoms with van der Waals surface area (Å²) < 4.78 is 44.9. The van der Waals surface area contributed by atoms with Crippen LogP contribution in [0.15, 0.2) is 36.9 Å². The van der Waals surface area contributed by atoms with Gasteiger partial charge in [0.2, 0.25) is 0 Å². The molecular formula is C18H18F3N5O4. The summed E-state index contributed by atoms with van der Waals surface area (Å²) in [4.78, 5) is 12.5. The Labute approximate surface area is 167 Å². The van der Waals surface area contributed by atoms with E-state index in [2.05, 4.69) is 20.3 Å². The minimum atomic E-state index is -4.40. The van der Waals surface area contributed by atoms with Crippen LogP contribution < -0.4 is 5.32 Å². The Bertz CT molecular complexity index is 1040. The van der Waals surface area contributed by atoms with Crippen molar-refractivity contribution in [1.82, 2.24) is 19.5 Å². The first-order valence-electron chi connectivity index (χ1n) is 8.96. The monoisotopic (exact) mass is 425 g/mol. The fourth-order valence-electron chi connectivity index (χ4n) is 3.37. The van der Waals surface area contributed by atoms with Crippen molar-refractivity contribution in [3.8, 4) is 0 Å². The zero-order valence-electron chi connectivity index (χ0n) is 15.4. The minimum absolute atomic E-state index is 0.175. The van der Waals surface area contributed by atoms with Crippen molar-refractivity contribution in [2.24, 2.45) is 0 Å². The van der Waals surface area contributed by atoms with Gasteiger partial charge in [0.1, 0.15) is 18.5 Å². The van der Waals surface area contributed by atoms with E-state index in [4.69, 9.17) is 4.74 Å². The van der Waals surface area contributed by atoms with Gasteiger partial charge in [-0.05, 0) is 17.7 Å². The summed E-state index contributed by atoms with van der Waals surface area (Å²) in [5.74, 6) is 0.305. The van der Waals surface area contributed by atoms with Crippen LogP contribution in [0.2, 0.25) is 0 Å². The number of rotatable bonds is 5. The molecule has 1 aliphatic heterocycles. The van der Waals surface area contributed by atoms with E-state index in [0.717, 1.165) is 12.1 Å². The van der Waals surface area contributed by atoms with Gasteiger partial charge in [-0.25, -0.2) is 15.0 Å². The van der Waals surface area contributed by atoms with Crippen LogP contribution in [0.1, 0.15) is 11.1 Å². The number of anilines is 1. The van der Waals surface area contributed by atoms with E-state index >= 15 is 0 Å². The lowest BCUT2D eigenvalue weighted by molar-refractivity contribution is -0.149. The largest absolute Gasteiger partial charge is 0.416 e. The van der Waals surface area contributed by atoms with Crippen molar-refractivity contribution >= 4 is 17.0 Å². The second-order valence-corrected chi connectivity index (χ2v) is 6.88. The average molecular weight is 425 g/mol. The van der Waals surface area contributed by atoms with Gasteiger partial charge in [-0.1, -0.05) is 12.1 Å². The van der Waals surface area contributed by atoms with Crippen LogP contribution in [-0.2, 0) is 23.2 Å². The molecule has 0 saturated carbocycles. The standard InChI is InChI=1S/C18H18F3N5O4/c19-18(20,21)11-3-1-10(2-4-11)5-22-15-13-16(24-8-23-15)26(9-25-13)17(7-27)14(29)12(28)6-30-17/h1-4,8-9,12,14,27-29H,5-7H2,(H,22,23,24)/t12-,14+,17-/m1/s1. The Morgan fingerprint density at radius 3 is 2.50 bits per heavy atom. The van der Waals surface area contributed by atoms with Gasteiger partial charge >= 0.3 is 6.18 Å². The molecule has 160 valence electrons. The normalized spacial score (nSPS) is 24.5. The summed E-state index contributed by atoms with van der Waals surface area (Å²) in [6.45, 7) is -0.624. The maximum Gasteiger partial charge on any atom is 0.416 e. The molecule has 4 rings (SSSR count). The lowest BCUT2D eigenvalue weighted by Gasteiger charge is -2.31. The van der Waals surface area contributed by atoms with E-state index in [0.29, 0.717) is 16.9 Å². The molecule has 3 atom stereocenters. The molecule has 3 aromatic rings. The van der Waals surface area contributed by atoms with E-state index in [1.165, 1.54) is 29.4 Å². The van der Waals surface area contributed by atoms with E-state index in [-0.39, 0.29) is 18.8 Å². The van der Waals surface area contributed by atoms with E-state index in [1.54, 1.807) is 0 Å². The van der Waals surface area contributed by atoms with Crippen LogP contribution in [0.25, 0.3) is 11.2 Å². The van der Waals surface area contributed by atoms with Crippen LogP contribution in [0, 0.1) is 0 Å². The lowest BCUT2D eigenvalue weighted by Crippen LogP contribution is -2.48. The van der Waals surface area contributed by atoms with Gasteiger partial charge in [0, 0.05) is 6.54 Å². The average Bonchev–Trinajstić information content (AvgIpc) is 3.29. The maximum absolute atomic E-state index is 12.7. The highest BCUT2D eigenvalue weighted by molar-refractivity contribution is 5.82. The van der Waals surface area contributed by atoms with Gasteiger partial charge in [0.15, 0.2) is 22.7 Å². The molecule has 30 heavy (non-hydrogen) atoms. The van der Waals surface area contributed by atoms with Gasteiger partial charge in [-0.3, -0.25) is 4.57 Å². The molecule has 3 heterocycles. The molecule has 0 spiro atoms. The van der Waals surface area contributed by atoms with Gasteiger partial charge < -0.3 is 25.4 Å². The summed E-state index contributed by atoms with van der Waals surface area (Å²) in [5.41, 5.74) is -1.25. The SMILES string of the molecule is OC[C@@]1(n2cnc3c(NCc4ccc(C(F)(F)F)cc4)ncnc32)OC[C@@H](O)[C@@H]1O. The Morgan fingerprint density at radius 2 is 1.90 bits per heavy atom. The zero-order valence-corrected chi connectivity index (χ0v) is 15.4. The van der Waals surface area contributed by atoms with Crippen molar-refractivity contribution in [3.63, 3.8) is 0 Å². The fourth-order valence-corrected chi connectivity index (χ4v) is 3.37. The fraction of sp³-hybridized carbons (Fsp3) is 0.389. The third-order valence-electron chi connectivity index (χ3n) is 5.04. The summed E-state index contributed by atoms with van der Waals surface area (Å²) in [6, 6.07) is 4.71. The Morgan fingerprint density at radius 1 is 1.17 bits per heavy atom. The number of hydrogen-bond acceptors (Lipinski definition) is 8. The molecule has 1 aromatic carbocycles. The second kappa shape index (κ2) is 7.47. The number of hydrogen-bond donors (Lipinski definition) is 4. The number of imidazole rings is 1. The molecule has 9 nitrogen and oxygen atoms in total. The first-order valence-corrected chi connectivity index (χ1v) is 8.96. The number of ether oxygens (including phenoxy) is 1. The number of alkyl halides is 3. The predicted octanol–water partition coefficient (Wildman–Crippen LogP) is 0.854. The van der Waals surface area contributed by atoms with Crippen LogP contribution >= 0.6 is 0 Å². The third kappa shape index (κ3) is 3.37. The van der Waals surface area contributed by atoms with Crippen molar-refractivity contribution in [3.05, 3.63) is 48.0 Å². The first kappa shape index (κ1) is 20.5. The number of aliphatic hydroxyl groups excluding tert-OH is 3. The number of halogens is 3. The van der Waals surface area contributed by atoms with Crippen molar-refractivity contribution in [2.75, 3.05) is 18.5 Å². The molecule has 1 saturated heterocycles. The van der Waals surface area contributed by atoms with Crippen molar-refractivity contribution < 1.29 is 33.2 Å². The highest BCUT2D eigenvalue weighted by Gasteiger charge is 2.51. The molecule has 0 unspecified atom stereocenters. The molecule has 12 heteroatoms. The molecule has 0 aliphatic carbocycles. The quantitative estimate of drug-likeness (QED) is 0.474. The Balaban J connectivity index is 1.60. The predicted molar refractivity (Wildman–Crippen MR) is 97.1 cm³/mol. The number of aromatic nitrogens is 4. The van der Waals surface area contributed by atoms with E-state index in [1.807, 2.05) is 0 Å². The van der Waals surface area contributed by atoms with E-state index in [9.17, 15) is 28.5 Å². The second-order valence-electron chi connectivity index (χ2n) is 6.88. The van der Waals surface area contributed by atoms with Gasteiger partial charge in [-0.15, -0.1) is 0 Å². The molecule has 4 N–H and O–H groups in total. The smallest absolute Gasteiger partial charge is 0.391 e. The minimum Gasteiger partial charge on any atom is -0.391 e. The summed E-state index contributed by atoms with van der Waals surface area (Å²) >= 11 is 0. The lowest BCUT2D eigenvalue weighted by atomic mass is 10.1. The van der Waals surface area contributed by atoms with Gasteiger partial charge in [-0.2, -0.15) is 13.2 Å². The first-order chi connectivity index (χ1) is 14.3. The van der Waals surface area contributed by atoms with Crippen LogP contribution in [0.3, 0.4) is 0 Å². The molecule has 0 radical (unpaired) electrons. The summed E-state index contributed by atoms with van der Waals surface area (Å²) in [6.07, 6.45) is -4.45. The molecule has 1 aliphatic rings. The van der Waals surface area contributed by atoms with Gasteiger partial charge in [0.25, 0.3) is 0 Å². The third-order valence-corrected chi connectivity index (χ3v) is 5.04. The van der Waals surface area contributed by atoms with Crippen LogP contribution in [0.4, 0.5) is 19.0 Å². The van der Waals surface area contributed by atoms with E-state index < -0.39 is 36.3 Å². The topological polar surface area (TPSA) is 126 Å². The highest BCUT2D eigenvalue weighted by atomic mass is 19.4. The molecular weight excluding hydrogens is 407 g/mol. The molecule has 1 fully saturated rings. The molecule has 0 amide bonds. The van der Waals surface area contributed by atoms with Crippen molar-refractivity contribution in [1.29, 1.82) is 0 Å². The number of nitrogens with zero attached hydrogens (tertiary/aromatic N) is 4. The van der Waals surface area contributed by atoms with Gasteiger partial charge in [0.05, 0.1) is 25.1 Å². The van der Waals surface area contributed by atoms with Crippen LogP contribution in [0.5, 0.6) is 0 Å². The number of aliphatic hydroxyl groups is 3. The molecule has 0 bridgehead atoms. The zero-order chi connectivity index (χ0) is 21.5. The maximum atomic E-state index is 12.7. The number of benzene rings is 1. The summed E-state index contributed by atoms with van der Waals surface area (Å²) in [5, 5.41) is 33.0. The van der Waals surface area contributed by atoms with Crippen LogP contribution in [-0.4, -0.2) is 60.3 Å². The number of nitrogens with one attached hydrogen (secondary N) is 1.